The molecule has 0 aliphatic carbocycles. The number of hydrogen-bond donors (Lipinski definition) is 1. The molecular weight excluding hydrogens is 416 g/mol. The Kier molecular flexibility index (Phi) is 5.38. The van der Waals surface area contributed by atoms with Gasteiger partial charge in [0, 0.05) is 36.6 Å². The number of pyridine rings is 1. The average Bonchev–Trinajstić information content (AvgIpc) is 2.79. The summed E-state index contributed by atoms with van der Waals surface area (Å²) in [4.78, 5) is 36.3. The van der Waals surface area contributed by atoms with Gasteiger partial charge in [0.25, 0.3) is 11.4 Å². The van der Waals surface area contributed by atoms with Crippen LogP contribution < -0.4 is 10.4 Å². The Hall–Kier alpha value is -4.53. The highest BCUT2D eigenvalue weighted by Gasteiger charge is 2.30. The predicted octanol–water partition coefficient (Wildman–Crippen LogP) is 3.45. The molecule has 0 spiro atoms. The molecule has 9 nitrogen and oxygen atoms in total. The third kappa shape index (κ3) is 3.79. The van der Waals surface area contributed by atoms with Crippen molar-refractivity contribution in [3.05, 3.63) is 115 Å². The molecule has 4 rings (SSSR count). The molecule has 0 aliphatic rings. The summed E-state index contributed by atoms with van der Waals surface area (Å²) in [6.07, 6.45) is 0.876. The van der Waals surface area contributed by atoms with Gasteiger partial charge < -0.3 is 14.7 Å². The highest BCUT2D eigenvalue weighted by atomic mass is 16.6. The summed E-state index contributed by atoms with van der Waals surface area (Å²) in [5.74, 6) is -2.01. The molecule has 0 aliphatic heterocycles. The molecule has 0 saturated carbocycles. The minimum atomic E-state index is -0.955. The standard InChI is InChI=1S/C23H16N2O7/c26-19(18-8-4-5-11-24(18)29)13-16(14-6-2-1-3-7-14)21-22(27)17-12-15(25(30)31)9-10-20(17)32-23(21)28/h1-12,16,27H,13H2/t16-/m1/s1. The number of fused-ring (bicyclic) bond motifs is 1. The van der Waals surface area contributed by atoms with Crippen LogP contribution in [-0.2, 0) is 0 Å². The molecule has 0 amide bonds. The van der Waals surface area contributed by atoms with Crippen molar-refractivity contribution in [2.45, 2.75) is 12.3 Å². The van der Waals surface area contributed by atoms with E-state index in [0.29, 0.717) is 10.3 Å². The highest BCUT2D eigenvalue weighted by Crippen LogP contribution is 2.37. The molecule has 0 fully saturated rings. The van der Waals surface area contributed by atoms with Gasteiger partial charge >= 0.3 is 5.63 Å². The van der Waals surface area contributed by atoms with Crippen molar-refractivity contribution in [1.29, 1.82) is 0 Å². The molecule has 2 aromatic heterocycles. The van der Waals surface area contributed by atoms with Gasteiger partial charge in [-0.1, -0.05) is 30.3 Å². The van der Waals surface area contributed by atoms with Gasteiger partial charge in [0.15, 0.2) is 6.20 Å². The summed E-state index contributed by atoms with van der Waals surface area (Å²) in [6, 6.07) is 16.4. The first-order valence-corrected chi connectivity index (χ1v) is 9.57. The molecular formula is C23H16N2O7. The molecule has 0 radical (unpaired) electrons. The van der Waals surface area contributed by atoms with Crippen molar-refractivity contribution in [3.63, 3.8) is 0 Å². The number of aromatic nitrogens is 1. The van der Waals surface area contributed by atoms with Crippen LogP contribution in [0.4, 0.5) is 5.69 Å². The van der Waals surface area contributed by atoms with E-state index in [1.54, 1.807) is 36.4 Å². The largest absolute Gasteiger partial charge is 0.618 e. The molecule has 32 heavy (non-hydrogen) atoms. The van der Waals surface area contributed by atoms with Gasteiger partial charge in [0.2, 0.25) is 5.78 Å². The maximum Gasteiger partial charge on any atom is 0.343 e. The Morgan fingerprint density at radius 1 is 1.09 bits per heavy atom. The minimum absolute atomic E-state index is 0.0271. The Labute approximate surface area is 180 Å². The number of aromatic hydroxyl groups is 1. The molecule has 2 aromatic carbocycles. The zero-order valence-electron chi connectivity index (χ0n) is 16.5. The fraction of sp³-hybridized carbons (Fsp3) is 0.0870. The van der Waals surface area contributed by atoms with Gasteiger partial charge in [-0.05, 0) is 17.7 Å². The lowest BCUT2D eigenvalue weighted by atomic mass is 9.86. The Morgan fingerprint density at radius 3 is 2.50 bits per heavy atom. The van der Waals surface area contributed by atoms with E-state index in [2.05, 4.69) is 0 Å². The highest BCUT2D eigenvalue weighted by molar-refractivity contribution is 5.94. The molecule has 0 unspecified atom stereocenters. The molecule has 4 aromatic rings. The minimum Gasteiger partial charge on any atom is -0.618 e. The fourth-order valence-corrected chi connectivity index (χ4v) is 3.62. The van der Waals surface area contributed by atoms with Crippen LogP contribution in [0.2, 0.25) is 0 Å². The monoisotopic (exact) mass is 432 g/mol. The van der Waals surface area contributed by atoms with E-state index in [9.17, 15) is 30.0 Å². The van der Waals surface area contributed by atoms with Crippen LogP contribution in [0.25, 0.3) is 11.0 Å². The number of ketones is 1. The van der Waals surface area contributed by atoms with Crippen molar-refractivity contribution >= 4 is 22.4 Å². The quantitative estimate of drug-likeness (QED) is 0.123. The summed E-state index contributed by atoms with van der Waals surface area (Å²) in [6.45, 7) is 0. The topological polar surface area (TPSA) is 138 Å². The van der Waals surface area contributed by atoms with Crippen LogP contribution in [0.1, 0.15) is 34.0 Å². The molecule has 1 N–H and O–H groups in total. The van der Waals surface area contributed by atoms with Crippen LogP contribution in [0.5, 0.6) is 5.75 Å². The Balaban J connectivity index is 1.90. The van der Waals surface area contributed by atoms with Crippen LogP contribution in [0.3, 0.4) is 0 Å². The Morgan fingerprint density at radius 2 is 1.81 bits per heavy atom. The average molecular weight is 432 g/mol. The van der Waals surface area contributed by atoms with Gasteiger partial charge in [-0.15, -0.1) is 0 Å². The molecule has 0 saturated heterocycles. The predicted molar refractivity (Wildman–Crippen MR) is 113 cm³/mol. The second kappa shape index (κ2) is 8.31. The van der Waals surface area contributed by atoms with Crippen LogP contribution >= 0.6 is 0 Å². The first kappa shape index (κ1) is 20.7. The van der Waals surface area contributed by atoms with E-state index >= 15 is 0 Å². The number of nitrogens with zero attached hydrogens (tertiary/aromatic N) is 2. The first-order valence-electron chi connectivity index (χ1n) is 9.57. The lowest BCUT2D eigenvalue weighted by Gasteiger charge is -2.18. The number of benzene rings is 2. The van der Waals surface area contributed by atoms with Crippen LogP contribution in [0.15, 0.2) is 82.1 Å². The summed E-state index contributed by atoms with van der Waals surface area (Å²) in [5.41, 5.74) is -1.01. The number of non-ortho nitro benzene ring substituents is 1. The SMILES string of the molecule is O=C(C[C@H](c1ccccc1)c1c(O)c2cc([N+](=O)[O-])ccc2oc1=O)c1cccc[n+]1[O-]. The molecule has 9 heteroatoms. The number of Topliss-reactive ketones (excluding diaryl/α,β-unsaturated/α-hetero) is 1. The Bertz CT molecular complexity index is 1400. The van der Waals surface area contributed by atoms with Crippen LogP contribution in [-0.4, -0.2) is 15.8 Å². The number of nitro benzene ring substituents is 1. The van der Waals surface area contributed by atoms with E-state index in [-0.39, 0.29) is 34.3 Å². The lowest BCUT2D eigenvalue weighted by molar-refractivity contribution is -0.607. The van der Waals surface area contributed by atoms with Gasteiger partial charge in [0.05, 0.1) is 15.9 Å². The van der Waals surface area contributed by atoms with E-state index < -0.39 is 28.0 Å². The normalized spacial score (nSPS) is 11.9. The van der Waals surface area contributed by atoms with Crippen molar-refractivity contribution in [2.24, 2.45) is 0 Å². The maximum atomic E-state index is 12.9. The van der Waals surface area contributed by atoms with E-state index in [4.69, 9.17) is 4.42 Å². The summed E-state index contributed by atoms with van der Waals surface area (Å²) in [5, 5.41) is 34.1. The number of nitro groups is 1. The fourth-order valence-electron chi connectivity index (χ4n) is 3.62. The smallest absolute Gasteiger partial charge is 0.343 e. The van der Waals surface area contributed by atoms with E-state index in [1.165, 1.54) is 24.4 Å². The van der Waals surface area contributed by atoms with Gasteiger partial charge in [0.1, 0.15) is 11.3 Å². The van der Waals surface area contributed by atoms with Crippen molar-refractivity contribution in [1.82, 2.24) is 0 Å². The first-order chi connectivity index (χ1) is 15.4. The summed E-state index contributed by atoms with van der Waals surface area (Å²) >= 11 is 0. The summed E-state index contributed by atoms with van der Waals surface area (Å²) in [7, 11) is 0. The number of rotatable bonds is 6. The molecule has 160 valence electrons. The van der Waals surface area contributed by atoms with Crippen molar-refractivity contribution < 1.29 is 24.0 Å². The van der Waals surface area contributed by atoms with E-state index in [1.807, 2.05) is 0 Å². The van der Waals surface area contributed by atoms with Crippen molar-refractivity contribution in [2.75, 3.05) is 0 Å². The van der Waals surface area contributed by atoms with Gasteiger partial charge in [-0.2, -0.15) is 4.73 Å². The lowest BCUT2D eigenvalue weighted by Crippen LogP contribution is -2.34. The number of hydrogen-bond acceptors (Lipinski definition) is 7. The maximum absolute atomic E-state index is 12.9. The third-order valence-corrected chi connectivity index (χ3v) is 5.16. The van der Waals surface area contributed by atoms with Crippen LogP contribution in [0, 0.1) is 15.3 Å². The van der Waals surface area contributed by atoms with Crippen molar-refractivity contribution in [3.8, 4) is 5.75 Å². The summed E-state index contributed by atoms with van der Waals surface area (Å²) < 4.78 is 5.73. The second-order valence-corrected chi connectivity index (χ2v) is 7.09. The number of carbonyl (C=O) groups excluding carboxylic acids is 1. The molecule has 2 heterocycles. The number of carbonyl (C=O) groups is 1. The second-order valence-electron chi connectivity index (χ2n) is 7.09. The third-order valence-electron chi connectivity index (χ3n) is 5.16. The molecule has 1 atom stereocenters. The van der Waals surface area contributed by atoms with Gasteiger partial charge in [-0.3, -0.25) is 14.9 Å². The molecule has 0 bridgehead atoms. The van der Waals surface area contributed by atoms with Gasteiger partial charge in [-0.25, -0.2) is 4.79 Å². The zero-order valence-corrected chi connectivity index (χ0v) is 16.5. The van der Waals surface area contributed by atoms with E-state index in [0.717, 1.165) is 12.1 Å². The zero-order chi connectivity index (χ0) is 22.8.